The summed E-state index contributed by atoms with van der Waals surface area (Å²) < 4.78 is 11.4. The average molecular weight is 318 g/mol. The molecule has 2 bridgehead atoms. The number of unbranched alkanes of at least 4 members (excludes halogenated alkanes) is 1. The van der Waals surface area contributed by atoms with Crippen molar-refractivity contribution in [1.82, 2.24) is 4.90 Å². The fourth-order valence-corrected chi connectivity index (χ4v) is 3.34. The van der Waals surface area contributed by atoms with Gasteiger partial charge in [-0.15, -0.1) is 0 Å². The number of carbonyl (C=O) groups is 1. The van der Waals surface area contributed by atoms with Gasteiger partial charge < -0.3 is 9.47 Å². The van der Waals surface area contributed by atoms with Crippen LogP contribution in [-0.4, -0.2) is 43.3 Å². The molecule has 1 atom stereocenters. The summed E-state index contributed by atoms with van der Waals surface area (Å²) in [5.41, 5.74) is 0.676. The normalized spacial score (nSPS) is 25.9. The van der Waals surface area contributed by atoms with Gasteiger partial charge in [-0.2, -0.15) is 0 Å². The SMILES string of the molecule is CCCCOc1ccccc1NC(=O)OC1CN2CCC1CC2. The Kier molecular flexibility index (Phi) is 5.39. The third-order valence-electron chi connectivity index (χ3n) is 4.73. The summed E-state index contributed by atoms with van der Waals surface area (Å²) in [5, 5.41) is 2.84. The lowest BCUT2D eigenvalue weighted by atomic mass is 9.86. The highest BCUT2D eigenvalue weighted by Gasteiger charge is 2.36. The minimum absolute atomic E-state index is 0.0191. The van der Waals surface area contributed by atoms with Crippen molar-refractivity contribution >= 4 is 11.8 Å². The Morgan fingerprint density at radius 3 is 2.78 bits per heavy atom. The van der Waals surface area contributed by atoms with Crippen LogP contribution in [0.25, 0.3) is 0 Å². The molecule has 4 rings (SSSR count). The van der Waals surface area contributed by atoms with Crippen LogP contribution in [-0.2, 0) is 4.74 Å². The second-order valence-corrected chi connectivity index (χ2v) is 6.40. The predicted molar refractivity (Wildman–Crippen MR) is 89.9 cm³/mol. The van der Waals surface area contributed by atoms with Crippen molar-refractivity contribution in [2.45, 2.75) is 38.7 Å². The molecule has 3 fully saturated rings. The van der Waals surface area contributed by atoms with Crippen LogP contribution in [0, 0.1) is 5.92 Å². The summed E-state index contributed by atoms with van der Waals surface area (Å²) >= 11 is 0. The Bertz CT molecular complexity index is 527. The fourth-order valence-electron chi connectivity index (χ4n) is 3.34. The zero-order valence-electron chi connectivity index (χ0n) is 13.8. The van der Waals surface area contributed by atoms with E-state index in [-0.39, 0.29) is 12.2 Å². The van der Waals surface area contributed by atoms with Crippen LogP contribution in [0.4, 0.5) is 10.5 Å². The molecule has 0 saturated carbocycles. The molecule has 1 aromatic carbocycles. The Balaban J connectivity index is 1.55. The number of piperidine rings is 3. The number of hydrogen-bond acceptors (Lipinski definition) is 4. The van der Waals surface area contributed by atoms with Crippen LogP contribution >= 0.6 is 0 Å². The molecule has 1 aromatic rings. The third-order valence-corrected chi connectivity index (χ3v) is 4.73. The number of nitrogens with zero attached hydrogens (tertiary/aromatic N) is 1. The lowest BCUT2D eigenvalue weighted by Gasteiger charge is -2.43. The number of fused-ring (bicyclic) bond motifs is 3. The molecule has 3 aliphatic rings. The zero-order valence-corrected chi connectivity index (χ0v) is 13.8. The predicted octanol–water partition coefficient (Wildman–Crippen LogP) is 3.51. The molecule has 0 aromatic heterocycles. The number of hydrogen-bond donors (Lipinski definition) is 1. The van der Waals surface area contributed by atoms with Crippen molar-refractivity contribution in [1.29, 1.82) is 0 Å². The van der Waals surface area contributed by atoms with E-state index in [2.05, 4.69) is 17.1 Å². The zero-order chi connectivity index (χ0) is 16.1. The molecule has 0 radical (unpaired) electrons. The number of benzene rings is 1. The quantitative estimate of drug-likeness (QED) is 0.816. The molecule has 0 aliphatic carbocycles. The van der Waals surface area contributed by atoms with Gasteiger partial charge in [0.1, 0.15) is 11.9 Å². The lowest BCUT2D eigenvalue weighted by Crippen LogP contribution is -2.52. The smallest absolute Gasteiger partial charge is 0.412 e. The Morgan fingerprint density at radius 1 is 1.30 bits per heavy atom. The van der Waals surface area contributed by atoms with Crippen molar-refractivity contribution < 1.29 is 14.3 Å². The van der Waals surface area contributed by atoms with Crippen molar-refractivity contribution in [3.63, 3.8) is 0 Å². The molecule has 0 spiro atoms. The van der Waals surface area contributed by atoms with Gasteiger partial charge in [0.05, 0.1) is 12.3 Å². The largest absolute Gasteiger partial charge is 0.491 e. The lowest BCUT2D eigenvalue weighted by molar-refractivity contribution is -0.0290. The van der Waals surface area contributed by atoms with Gasteiger partial charge in [-0.05, 0) is 50.4 Å². The number of amides is 1. The summed E-state index contributed by atoms with van der Waals surface area (Å²) in [6.07, 6.45) is 3.99. The number of carbonyl (C=O) groups excluding carboxylic acids is 1. The first kappa shape index (κ1) is 16.1. The van der Waals surface area contributed by atoms with Crippen LogP contribution in [0.5, 0.6) is 5.75 Å². The highest BCUT2D eigenvalue weighted by atomic mass is 16.6. The monoisotopic (exact) mass is 318 g/mol. The van der Waals surface area contributed by atoms with Gasteiger partial charge in [0.25, 0.3) is 0 Å². The van der Waals surface area contributed by atoms with E-state index in [9.17, 15) is 4.79 Å². The van der Waals surface area contributed by atoms with Crippen LogP contribution in [0.15, 0.2) is 24.3 Å². The first-order chi connectivity index (χ1) is 11.3. The summed E-state index contributed by atoms with van der Waals surface area (Å²) in [6.45, 7) is 5.93. The van der Waals surface area contributed by atoms with Crippen molar-refractivity contribution in [3.8, 4) is 5.75 Å². The minimum atomic E-state index is -0.379. The molecule has 5 nitrogen and oxygen atoms in total. The maximum absolute atomic E-state index is 12.2. The number of rotatable bonds is 6. The molecular formula is C18H26N2O3. The third kappa shape index (κ3) is 4.16. The van der Waals surface area contributed by atoms with E-state index in [0.29, 0.717) is 24.0 Å². The van der Waals surface area contributed by atoms with Gasteiger partial charge >= 0.3 is 6.09 Å². The maximum atomic E-state index is 12.2. The maximum Gasteiger partial charge on any atom is 0.412 e. The van der Waals surface area contributed by atoms with Gasteiger partial charge in [0, 0.05) is 6.54 Å². The van der Waals surface area contributed by atoms with Crippen LogP contribution in [0.1, 0.15) is 32.6 Å². The first-order valence-corrected chi connectivity index (χ1v) is 8.68. The van der Waals surface area contributed by atoms with E-state index < -0.39 is 0 Å². The number of nitrogens with one attached hydrogen (secondary N) is 1. The topological polar surface area (TPSA) is 50.8 Å². The molecular weight excluding hydrogens is 292 g/mol. The molecule has 126 valence electrons. The van der Waals surface area contributed by atoms with E-state index in [4.69, 9.17) is 9.47 Å². The summed E-state index contributed by atoms with van der Waals surface area (Å²) in [5.74, 6) is 1.22. The highest BCUT2D eigenvalue weighted by molar-refractivity contribution is 5.86. The van der Waals surface area contributed by atoms with E-state index in [1.807, 2.05) is 24.3 Å². The second-order valence-electron chi connectivity index (χ2n) is 6.40. The van der Waals surface area contributed by atoms with E-state index in [0.717, 1.165) is 45.3 Å². The molecule has 3 saturated heterocycles. The van der Waals surface area contributed by atoms with E-state index >= 15 is 0 Å². The number of ether oxygens (including phenoxy) is 2. The van der Waals surface area contributed by atoms with Crippen molar-refractivity contribution in [2.24, 2.45) is 5.92 Å². The standard InChI is InChI=1S/C18H26N2O3/c1-2-3-12-22-16-7-5-4-6-15(16)19-18(21)23-17-13-20-10-8-14(17)9-11-20/h4-7,14,17H,2-3,8-13H2,1H3,(H,19,21). The molecule has 1 unspecified atom stereocenters. The average Bonchev–Trinajstić information content (AvgIpc) is 2.57. The Morgan fingerprint density at radius 2 is 2.09 bits per heavy atom. The Hall–Kier alpha value is -1.75. The van der Waals surface area contributed by atoms with Gasteiger partial charge in [-0.25, -0.2) is 4.79 Å². The molecule has 5 heteroatoms. The molecule has 23 heavy (non-hydrogen) atoms. The van der Waals surface area contributed by atoms with E-state index in [1.54, 1.807) is 0 Å². The minimum Gasteiger partial charge on any atom is -0.491 e. The summed E-state index contributed by atoms with van der Waals surface area (Å²) in [6, 6.07) is 7.51. The van der Waals surface area contributed by atoms with E-state index in [1.165, 1.54) is 0 Å². The van der Waals surface area contributed by atoms with Gasteiger partial charge in [0.15, 0.2) is 0 Å². The van der Waals surface area contributed by atoms with Gasteiger partial charge in [-0.3, -0.25) is 10.2 Å². The van der Waals surface area contributed by atoms with Crippen molar-refractivity contribution in [3.05, 3.63) is 24.3 Å². The number of para-hydroxylation sites is 2. The molecule has 3 heterocycles. The van der Waals surface area contributed by atoms with Crippen LogP contribution in [0.3, 0.4) is 0 Å². The number of anilines is 1. The van der Waals surface area contributed by atoms with Gasteiger partial charge in [0.2, 0.25) is 0 Å². The highest BCUT2D eigenvalue weighted by Crippen LogP contribution is 2.30. The molecule has 3 aliphatic heterocycles. The van der Waals surface area contributed by atoms with Crippen molar-refractivity contribution in [2.75, 3.05) is 31.6 Å². The summed E-state index contributed by atoms with van der Waals surface area (Å²) in [4.78, 5) is 14.6. The Labute approximate surface area is 137 Å². The second kappa shape index (κ2) is 7.68. The van der Waals surface area contributed by atoms with Gasteiger partial charge in [-0.1, -0.05) is 25.5 Å². The van der Waals surface area contributed by atoms with Crippen LogP contribution in [0.2, 0.25) is 0 Å². The summed E-state index contributed by atoms with van der Waals surface area (Å²) in [7, 11) is 0. The van der Waals surface area contributed by atoms with Crippen LogP contribution < -0.4 is 10.1 Å². The molecule has 1 N–H and O–H groups in total. The first-order valence-electron chi connectivity index (χ1n) is 8.68. The fraction of sp³-hybridized carbons (Fsp3) is 0.611. The molecule has 1 amide bonds.